The molecule has 3 aromatic rings. The van der Waals surface area contributed by atoms with Crippen LogP contribution in [-0.4, -0.2) is 12.6 Å². The third-order valence-electron chi connectivity index (χ3n) is 4.03. The molecule has 3 aromatic carbocycles. The molecule has 0 saturated carbocycles. The molecule has 2 heterocycles. The molecule has 2 aliphatic heterocycles. The zero-order valence-corrected chi connectivity index (χ0v) is 14.2. The van der Waals surface area contributed by atoms with Crippen molar-refractivity contribution in [2.75, 3.05) is 12.3 Å². The highest BCUT2D eigenvalue weighted by Gasteiger charge is 2.10. The number of ether oxygens (including phenoxy) is 2. The third-order valence-corrected chi connectivity index (χ3v) is 4.03. The number of esters is 1. The molecule has 2 N–H and O–H groups in total. The highest BCUT2D eigenvalue weighted by molar-refractivity contribution is 5.92. The van der Waals surface area contributed by atoms with Gasteiger partial charge >= 0.3 is 5.97 Å². The highest BCUT2D eigenvalue weighted by Crippen LogP contribution is 2.25. The number of carbonyl (C=O) groups excluding carboxylic acids is 1. The Labute approximate surface area is 147 Å². The largest absolute Gasteiger partial charge is 0.489 e. The minimum Gasteiger partial charge on any atom is -0.489 e. The second-order valence-electron chi connectivity index (χ2n) is 5.77. The average Bonchev–Trinajstić information content (AvgIpc) is 2.66. The Morgan fingerprint density at radius 1 is 1.08 bits per heavy atom. The van der Waals surface area contributed by atoms with Crippen molar-refractivity contribution in [2.24, 2.45) is 0 Å². The van der Waals surface area contributed by atoms with Gasteiger partial charge in [-0.1, -0.05) is 42.5 Å². The van der Waals surface area contributed by atoms with Gasteiger partial charge in [-0.05, 0) is 47.0 Å². The third kappa shape index (κ3) is 4.10. The van der Waals surface area contributed by atoms with Crippen molar-refractivity contribution in [1.29, 1.82) is 0 Å². The van der Waals surface area contributed by atoms with Gasteiger partial charge in [-0.15, -0.1) is 0 Å². The highest BCUT2D eigenvalue weighted by atomic mass is 16.5. The summed E-state index contributed by atoms with van der Waals surface area (Å²) in [5.41, 5.74) is 8.67. The Bertz CT molecular complexity index is 849. The Balaban J connectivity index is 0.000000188. The quantitative estimate of drug-likeness (QED) is 0.578. The van der Waals surface area contributed by atoms with Gasteiger partial charge in [-0.2, -0.15) is 0 Å². The van der Waals surface area contributed by atoms with Crippen LogP contribution >= 0.6 is 0 Å². The number of anilines is 1. The maximum Gasteiger partial charge on any atom is 0.310 e. The van der Waals surface area contributed by atoms with Gasteiger partial charge in [0.25, 0.3) is 0 Å². The predicted molar refractivity (Wildman–Crippen MR) is 99.5 cm³/mol. The number of rotatable bonds is 3. The van der Waals surface area contributed by atoms with Crippen LogP contribution in [0.25, 0.3) is 10.8 Å². The summed E-state index contributed by atoms with van der Waals surface area (Å²) in [6, 6.07) is 19.8. The van der Waals surface area contributed by atoms with E-state index in [1.54, 1.807) is 6.92 Å². The van der Waals surface area contributed by atoms with E-state index in [1.807, 2.05) is 48.5 Å². The van der Waals surface area contributed by atoms with Crippen LogP contribution in [0.1, 0.15) is 18.1 Å². The molecule has 4 heteroatoms. The smallest absolute Gasteiger partial charge is 0.310 e. The predicted octanol–water partition coefficient (Wildman–Crippen LogP) is 4.11. The molecule has 0 radical (unpaired) electrons. The molecule has 0 fully saturated rings. The van der Waals surface area contributed by atoms with Gasteiger partial charge < -0.3 is 15.2 Å². The molecule has 25 heavy (non-hydrogen) atoms. The molecular weight excluding hydrogens is 314 g/mol. The topological polar surface area (TPSA) is 61.5 Å². The van der Waals surface area contributed by atoms with Gasteiger partial charge in [0, 0.05) is 5.69 Å². The van der Waals surface area contributed by atoms with Crippen molar-refractivity contribution in [1.82, 2.24) is 0 Å². The lowest BCUT2D eigenvalue weighted by atomic mass is 10.0. The first-order valence-corrected chi connectivity index (χ1v) is 8.31. The number of nitrogen functional groups attached to an aromatic ring is 1. The van der Waals surface area contributed by atoms with E-state index < -0.39 is 0 Å². The van der Waals surface area contributed by atoms with Gasteiger partial charge in [-0.3, -0.25) is 4.79 Å². The molecule has 0 aliphatic carbocycles. The molecule has 4 nitrogen and oxygen atoms in total. The Morgan fingerprint density at radius 2 is 1.84 bits per heavy atom. The van der Waals surface area contributed by atoms with E-state index in [1.165, 1.54) is 5.56 Å². The maximum atomic E-state index is 11.5. The van der Waals surface area contributed by atoms with Crippen LogP contribution in [0.15, 0.2) is 60.7 Å². The summed E-state index contributed by atoms with van der Waals surface area (Å²) in [6.07, 6.45) is 0.223. The lowest BCUT2D eigenvalue weighted by Gasteiger charge is -2.11. The van der Waals surface area contributed by atoms with Crippen LogP contribution < -0.4 is 10.5 Å². The fourth-order valence-corrected chi connectivity index (χ4v) is 2.76. The van der Waals surface area contributed by atoms with E-state index in [0.717, 1.165) is 28.7 Å². The summed E-state index contributed by atoms with van der Waals surface area (Å²) < 4.78 is 10.1. The van der Waals surface area contributed by atoms with Crippen LogP contribution in [0.5, 0.6) is 5.75 Å². The first-order valence-electron chi connectivity index (χ1n) is 8.31. The van der Waals surface area contributed by atoms with E-state index in [4.69, 9.17) is 15.2 Å². The van der Waals surface area contributed by atoms with Crippen LogP contribution in [-0.2, 0) is 22.6 Å². The fraction of sp³-hybridized carbons (Fsp3) is 0.190. The van der Waals surface area contributed by atoms with Gasteiger partial charge in [0.05, 0.1) is 13.0 Å². The van der Waals surface area contributed by atoms with Gasteiger partial charge in [0.1, 0.15) is 12.4 Å². The number of nitrogens with two attached hydrogens (primary N) is 1. The van der Waals surface area contributed by atoms with Gasteiger partial charge in [0.15, 0.2) is 0 Å². The van der Waals surface area contributed by atoms with E-state index in [2.05, 4.69) is 12.1 Å². The van der Waals surface area contributed by atoms with Gasteiger partial charge in [-0.25, -0.2) is 0 Å². The normalized spacial score (nSPS) is 11.4. The number of benzene rings is 3. The molecule has 0 spiro atoms. The zero-order chi connectivity index (χ0) is 17.6. The second kappa shape index (κ2) is 7.71. The Kier molecular flexibility index (Phi) is 5.19. The lowest BCUT2D eigenvalue weighted by molar-refractivity contribution is -0.142. The van der Waals surface area contributed by atoms with Crippen molar-refractivity contribution in [3.8, 4) is 5.75 Å². The van der Waals surface area contributed by atoms with Gasteiger partial charge in [0.2, 0.25) is 0 Å². The molecule has 0 atom stereocenters. The standard InChI is InChI=1S/C14H15NO2.C7H6O/c1-2-17-14(16)9-12-11-6-4-3-5-10(11)7-8-13(12)15;1-3-7-4-2-6(1)5-8-7/h3-8H,2,9,15H2,1H3;1-4H,5H2. The second-order valence-corrected chi connectivity index (χ2v) is 5.77. The summed E-state index contributed by atoms with van der Waals surface area (Å²) in [7, 11) is 0. The monoisotopic (exact) mass is 335 g/mol. The van der Waals surface area contributed by atoms with E-state index >= 15 is 0 Å². The summed E-state index contributed by atoms with van der Waals surface area (Å²) in [5.74, 6) is 0.746. The fourth-order valence-electron chi connectivity index (χ4n) is 2.76. The molecule has 2 aliphatic rings. The first kappa shape index (κ1) is 16.8. The van der Waals surface area contributed by atoms with Crippen LogP contribution in [0, 0.1) is 0 Å². The molecule has 128 valence electrons. The van der Waals surface area contributed by atoms with Crippen molar-refractivity contribution in [2.45, 2.75) is 20.0 Å². The molecule has 0 unspecified atom stereocenters. The maximum absolute atomic E-state index is 11.5. The van der Waals surface area contributed by atoms with Crippen molar-refractivity contribution < 1.29 is 14.3 Å². The summed E-state index contributed by atoms with van der Waals surface area (Å²) in [6.45, 7) is 2.95. The van der Waals surface area contributed by atoms with E-state index in [9.17, 15) is 4.79 Å². The van der Waals surface area contributed by atoms with E-state index in [0.29, 0.717) is 12.3 Å². The number of hydrogen-bond acceptors (Lipinski definition) is 4. The van der Waals surface area contributed by atoms with Crippen LogP contribution in [0.2, 0.25) is 0 Å². The first-order chi connectivity index (χ1) is 12.2. The Hall–Kier alpha value is -3.01. The minimum absolute atomic E-state index is 0.223. The summed E-state index contributed by atoms with van der Waals surface area (Å²) in [4.78, 5) is 11.5. The Morgan fingerprint density at radius 3 is 2.40 bits per heavy atom. The van der Waals surface area contributed by atoms with Crippen LogP contribution in [0.4, 0.5) is 5.69 Å². The summed E-state index contributed by atoms with van der Waals surface area (Å²) >= 11 is 0. The molecule has 0 amide bonds. The van der Waals surface area contributed by atoms with Crippen molar-refractivity contribution in [3.05, 3.63) is 71.8 Å². The number of hydrogen-bond donors (Lipinski definition) is 1. The summed E-state index contributed by atoms with van der Waals surface area (Å²) in [5, 5.41) is 2.10. The van der Waals surface area contributed by atoms with E-state index in [-0.39, 0.29) is 12.4 Å². The SMILES string of the molecule is CCOC(=O)Cc1c(N)ccc2ccccc12.c1cc2ccc1CO2. The minimum atomic E-state index is -0.240. The zero-order valence-electron chi connectivity index (χ0n) is 14.2. The number of carbonyl (C=O) groups is 1. The van der Waals surface area contributed by atoms with Crippen LogP contribution in [0.3, 0.4) is 0 Å². The van der Waals surface area contributed by atoms with Crippen molar-refractivity contribution in [3.63, 3.8) is 0 Å². The molecule has 0 aromatic heterocycles. The average molecular weight is 335 g/mol. The molecular formula is C21H21NO3. The molecule has 0 saturated heterocycles. The van der Waals surface area contributed by atoms with Crippen molar-refractivity contribution >= 4 is 22.4 Å². The number of fused-ring (bicyclic) bond motifs is 4. The lowest BCUT2D eigenvalue weighted by Crippen LogP contribution is -2.09. The molecule has 5 rings (SSSR count). The molecule has 2 bridgehead atoms.